The fourth-order valence-corrected chi connectivity index (χ4v) is 9.09. The SMILES string of the molecule is CC(C)(C)[Si](C)(C)OC1CC[C@@]2(C)[C@@H](CC[C@@H]3[C@@H]2CC[C@]2(C)C(=O)CC[C@@H]32)C1. The van der Waals surface area contributed by atoms with Crippen LogP contribution >= 0.6 is 0 Å². The van der Waals surface area contributed by atoms with E-state index in [9.17, 15) is 4.79 Å². The van der Waals surface area contributed by atoms with Gasteiger partial charge in [-0.2, -0.15) is 0 Å². The molecule has 4 aliphatic rings. The molecule has 0 bridgehead atoms. The maximum Gasteiger partial charge on any atom is 0.192 e. The van der Waals surface area contributed by atoms with Crippen LogP contribution in [0.2, 0.25) is 18.1 Å². The summed E-state index contributed by atoms with van der Waals surface area (Å²) < 4.78 is 6.87. The Morgan fingerprint density at radius 3 is 2.36 bits per heavy atom. The molecule has 0 spiro atoms. The molecule has 0 aliphatic heterocycles. The van der Waals surface area contributed by atoms with E-state index >= 15 is 0 Å². The first-order chi connectivity index (χ1) is 12.9. The van der Waals surface area contributed by atoms with Crippen LogP contribution in [0.1, 0.15) is 92.4 Å². The van der Waals surface area contributed by atoms with Gasteiger partial charge >= 0.3 is 0 Å². The standard InChI is InChI=1S/C25H44O2Si/c1-23(2,3)28(6,7)27-18-12-14-24(4)17(16-18)8-9-19-20-10-11-22(26)25(20,5)15-13-21(19)24/h17-21H,8-16H2,1-7H3/t17-,18?,19-,20-,21-,24-,25-/m0/s1. The molecule has 4 fully saturated rings. The van der Waals surface area contributed by atoms with Gasteiger partial charge in [-0.15, -0.1) is 0 Å². The van der Waals surface area contributed by atoms with Gasteiger partial charge in [0.25, 0.3) is 0 Å². The molecule has 160 valence electrons. The highest BCUT2D eigenvalue weighted by atomic mass is 28.4. The lowest BCUT2D eigenvalue weighted by molar-refractivity contribution is -0.141. The van der Waals surface area contributed by atoms with Crippen LogP contribution in [0.25, 0.3) is 0 Å². The van der Waals surface area contributed by atoms with E-state index in [-0.39, 0.29) is 5.41 Å². The molecule has 2 nitrogen and oxygen atoms in total. The molecule has 0 radical (unpaired) electrons. The van der Waals surface area contributed by atoms with Crippen LogP contribution in [0.3, 0.4) is 0 Å². The molecule has 4 aliphatic carbocycles. The Balaban J connectivity index is 1.48. The molecule has 4 rings (SSSR count). The minimum absolute atomic E-state index is 0.0208. The second kappa shape index (κ2) is 6.67. The van der Waals surface area contributed by atoms with Crippen LogP contribution in [0.15, 0.2) is 0 Å². The molecule has 0 heterocycles. The first-order valence-electron chi connectivity index (χ1n) is 12.1. The van der Waals surface area contributed by atoms with Gasteiger partial charge in [0.15, 0.2) is 8.32 Å². The Labute approximate surface area is 174 Å². The summed E-state index contributed by atoms with van der Waals surface area (Å²) in [4.78, 5) is 12.6. The van der Waals surface area contributed by atoms with E-state index in [4.69, 9.17) is 4.43 Å². The van der Waals surface area contributed by atoms with Gasteiger partial charge in [-0.1, -0.05) is 34.6 Å². The van der Waals surface area contributed by atoms with Crippen molar-refractivity contribution in [2.45, 2.75) is 117 Å². The van der Waals surface area contributed by atoms with Crippen molar-refractivity contribution >= 4 is 14.1 Å². The summed E-state index contributed by atoms with van der Waals surface area (Å²) in [5.74, 6) is 3.75. The minimum atomic E-state index is -1.68. The fraction of sp³-hybridized carbons (Fsp3) is 0.960. The molecule has 28 heavy (non-hydrogen) atoms. The van der Waals surface area contributed by atoms with Crippen molar-refractivity contribution < 1.29 is 9.22 Å². The van der Waals surface area contributed by atoms with Gasteiger partial charge in [0.1, 0.15) is 5.78 Å². The van der Waals surface area contributed by atoms with Crippen LogP contribution in [0.4, 0.5) is 0 Å². The van der Waals surface area contributed by atoms with Crippen molar-refractivity contribution in [3.05, 3.63) is 0 Å². The predicted octanol–water partition coefficient (Wildman–Crippen LogP) is 6.99. The third-order valence-electron chi connectivity index (χ3n) is 10.6. The number of rotatable bonds is 2. The van der Waals surface area contributed by atoms with Gasteiger partial charge in [0.2, 0.25) is 0 Å². The molecule has 3 heteroatoms. The maximum absolute atomic E-state index is 12.6. The summed E-state index contributed by atoms with van der Waals surface area (Å²) in [6.07, 6.45) is 11.6. The monoisotopic (exact) mass is 404 g/mol. The van der Waals surface area contributed by atoms with E-state index in [1.807, 2.05) is 0 Å². The van der Waals surface area contributed by atoms with Gasteiger partial charge in [-0.25, -0.2) is 0 Å². The van der Waals surface area contributed by atoms with Gasteiger partial charge in [0, 0.05) is 17.9 Å². The van der Waals surface area contributed by atoms with E-state index in [0.717, 1.165) is 30.6 Å². The van der Waals surface area contributed by atoms with Crippen molar-refractivity contribution in [2.75, 3.05) is 0 Å². The Bertz CT molecular complexity index is 635. The van der Waals surface area contributed by atoms with Crippen LogP contribution in [0.5, 0.6) is 0 Å². The third kappa shape index (κ3) is 3.09. The Hall–Kier alpha value is -0.153. The zero-order chi connectivity index (χ0) is 20.5. The molecular weight excluding hydrogens is 360 g/mol. The highest BCUT2D eigenvalue weighted by Crippen LogP contribution is 2.65. The van der Waals surface area contributed by atoms with Crippen LogP contribution < -0.4 is 0 Å². The Morgan fingerprint density at radius 2 is 1.68 bits per heavy atom. The Morgan fingerprint density at radius 1 is 0.964 bits per heavy atom. The number of ketones is 1. The number of carbonyl (C=O) groups excluding carboxylic acids is 1. The quantitative estimate of drug-likeness (QED) is 0.464. The number of hydrogen-bond donors (Lipinski definition) is 0. The molecule has 4 saturated carbocycles. The highest BCUT2D eigenvalue weighted by Gasteiger charge is 2.60. The second-order valence-electron chi connectivity index (χ2n) is 12.8. The van der Waals surface area contributed by atoms with Crippen LogP contribution in [-0.2, 0) is 9.22 Å². The zero-order valence-electron chi connectivity index (χ0n) is 19.6. The van der Waals surface area contributed by atoms with Crippen LogP contribution in [0, 0.1) is 34.5 Å². The topological polar surface area (TPSA) is 26.3 Å². The molecular formula is C25H44O2Si. The van der Waals surface area contributed by atoms with E-state index in [1.54, 1.807) is 0 Å². The van der Waals surface area contributed by atoms with Gasteiger partial charge in [-0.05, 0) is 98.6 Å². The Kier molecular flexibility index (Phi) is 5.03. The summed E-state index contributed by atoms with van der Waals surface area (Å²) in [5, 5.41) is 0.300. The molecule has 0 amide bonds. The smallest absolute Gasteiger partial charge is 0.192 e. The van der Waals surface area contributed by atoms with E-state index in [0.29, 0.717) is 28.3 Å². The third-order valence-corrected chi connectivity index (χ3v) is 15.1. The first-order valence-corrected chi connectivity index (χ1v) is 15.0. The average Bonchev–Trinajstić information content (AvgIpc) is 2.89. The molecule has 1 unspecified atom stereocenters. The number of fused-ring (bicyclic) bond motifs is 5. The lowest BCUT2D eigenvalue weighted by Gasteiger charge is -2.60. The lowest BCUT2D eigenvalue weighted by atomic mass is 9.45. The van der Waals surface area contributed by atoms with Crippen molar-refractivity contribution in [1.29, 1.82) is 0 Å². The number of Topliss-reactive ketones (excluding diaryl/α,β-unsaturated/α-hetero) is 1. The van der Waals surface area contributed by atoms with Gasteiger partial charge in [0.05, 0.1) is 0 Å². The van der Waals surface area contributed by atoms with Crippen molar-refractivity contribution in [2.24, 2.45) is 34.5 Å². The predicted molar refractivity (Wildman–Crippen MR) is 119 cm³/mol. The highest BCUT2D eigenvalue weighted by molar-refractivity contribution is 6.74. The largest absolute Gasteiger partial charge is 0.414 e. The summed E-state index contributed by atoms with van der Waals surface area (Å²) in [6.45, 7) is 16.8. The van der Waals surface area contributed by atoms with Gasteiger partial charge in [-0.3, -0.25) is 4.79 Å². The lowest BCUT2D eigenvalue weighted by Crippen LogP contribution is -2.55. The number of carbonyl (C=O) groups is 1. The fourth-order valence-electron chi connectivity index (χ4n) is 7.69. The molecule has 0 aromatic rings. The molecule has 7 atom stereocenters. The average molecular weight is 405 g/mol. The van der Waals surface area contributed by atoms with Crippen LogP contribution in [-0.4, -0.2) is 20.2 Å². The van der Waals surface area contributed by atoms with E-state index in [2.05, 4.69) is 47.7 Å². The van der Waals surface area contributed by atoms with Crippen molar-refractivity contribution in [3.8, 4) is 0 Å². The zero-order valence-corrected chi connectivity index (χ0v) is 20.6. The summed E-state index contributed by atoms with van der Waals surface area (Å²) in [7, 11) is -1.68. The van der Waals surface area contributed by atoms with E-state index in [1.165, 1.54) is 44.9 Å². The number of hydrogen-bond acceptors (Lipinski definition) is 2. The normalized spacial score (nSPS) is 46.7. The molecule has 0 N–H and O–H groups in total. The summed E-state index contributed by atoms with van der Waals surface area (Å²) in [5.41, 5.74) is 0.510. The summed E-state index contributed by atoms with van der Waals surface area (Å²) >= 11 is 0. The van der Waals surface area contributed by atoms with Crippen molar-refractivity contribution in [3.63, 3.8) is 0 Å². The molecule has 0 aromatic heterocycles. The van der Waals surface area contributed by atoms with Crippen molar-refractivity contribution in [1.82, 2.24) is 0 Å². The second-order valence-corrected chi connectivity index (χ2v) is 17.6. The van der Waals surface area contributed by atoms with E-state index < -0.39 is 8.32 Å². The summed E-state index contributed by atoms with van der Waals surface area (Å²) in [6, 6.07) is 0. The molecule has 0 saturated heterocycles. The maximum atomic E-state index is 12.6. The molecule has 0 aromatic carbocycles. The first kappa shape index (κ1) is 21.1. The van der Waals surface area contributed by atoms with Gasteiger partial charge < -0.3 is 4.43 Å². The minimum Gasteiger partial charge on any atom is -0.414 e.